The van der Waals surface area contributed by atoms with Crippen molar-refractivity contribution in [1.29, 1.82) is 0 Å². The highest BCUT2D eigenvalue weighted by molar-refractivity contribution is 5.96. The lowest BCUT2D eigenvalue weighted by atomic mass is 10.2. The SMILES string of the molecule is CC[C@@H](N)C(=O)N(C)c1cccc(F)c1. The fourth-order valence-corrected chi connectivity index (χ4v) is 1.24. The fraction of sp³-hybridized carbons (Fsp3) is 0.364. The van der Waals surface area contributed by atoms with E-state index in [4.69, 9.17) is 5.73 Å². The smallest absolute Gasteiger partial charge is 0.243 e. The molecule has 0 bridgehead atoms. The maximum atomic E-state index is 12.9. The van der Waals surface area contributed by atoms with E-state index in [0.29, 0.717) is 12.1 Å². The molecule has 0 unspecified atom stereocenters. The molecule has 1 atom stereocenters. The average molecular weight is 210 g/mol. The molecule has 0 aliphatic rings. The van der Waals surface area contributed by atoms with Crippen molar-refractivity contribution >= 4 is 11.6 Å². The van der Waals surface area contributed by atoms with Crippen LogP contribution in [0, 0.1) is 5.82 Å². The fourth-order valence-electron chi connectivity index (χ4n) is 1.24. The number of carbonyl (C=O) groups excluding carboxylic acids is 1. The van der Waals surface area contributed by atoms with Crippen LogP contribution in [-0.2, 0) is 4.79 Å². The first-order chi connectivity index (χ1) is 7.06. The van der Waals surface area contributed by atoms with Crippen molar-refractivity contribution in [3.63, 3.8) is 0 Å². The molecule has 1 aromatic carbocycles. The van der Waals surface area contributed by atoms with E-state index in [1.807, 2.05) is 6.92 Å². The molecule has 82 valence electrons. The second-order valence-corrected chi connectivity index (χ2v) is 3.39. The Bertz CT molecular complexity index is 354. The van der Waals surface area contributed by atoms with Crippen LogP contribution in [0.2, 0.25) is 0 Å². The van der Waals surface area contributed by atoms with Gasteiger partial charge in [-0.1, -0.05) is 13.0 Å². The Morgan fingerprint density at radius 3 is 2.80 bits per heavy atom. The number of hydrogen-bond acceptors (Lipinski definition) is 2. The molecule has 1 rings (SSSR count). The molecule has 2 N–H and O–H groups in total. The van der Waals surface area contributed by atoms with Crippen molar-refractivity contribution in [2.75, 3.05) is 11.9 Å². The summed E-state index contributed by atoms with van der Waals surface area (Å²) in [4.78, 5) is 13.0. The first-order valence-corrected chi connectivity index (χ1v) is 4.85. The standard InChI is InChI=1S/C11H15FN2O/c1-3-10(13)11(15)14(2)9-6-4-5-8(12)7-9/h4-7,10H,3,13H2,1-2H3/t10-/m1/s1. The van der Waals surface area contributed by atoms with Gasteiger partial charge in [0.2, 0.25) is 5.91 Å². The summed E-state index contributed by atoms with van der Waals surface area (Å²) in [5, 5.41) is 0. The van der Waals surface area contributed by atoms with Gasteiger partial charge in [0.15, 0.2) is 0 Å². The summed E-state index contributed by atoms with van der Waals surface area (Å²) >= 11 is 0. The summed E-state index contributed by atoms with van der Waals surface area (Å²) in [6, 6.07) is 5.34. The van der Waals surface area contributed by atoms with E-state index in [2.05, 4.69) is 0 Å². The van der Waals surface area contributed by atoms with Crippen molar-refractivity contribution in [2.45, 2.75) is 19.4 Å². The van der Waals surface area contributed by atoms with E-state index in [0.717, 1.165) is 0 Å². The van der Waals surface area contributed by atoms with Gasteiger partial charge in [-0.25, -0.2) is 4.39 Å². The Hall–Kier alpha value is -1.42. The quantitative estimate of drug-likeness (QED) is 0.822. The zero-order chi connectivity index (χ0) is 11.4. The molecule has 0 radical (unpaired) electrons. The van der Waals surface area contributed by atoms with Crippen molar-refractivity contribution in [1.82, 2.24) is 0 Å². The van der Waals surface area contributed by atoms with Crippen molar-refractivity contribution in [3.8, 4) is 0 Å². The first-order valence-electron chi connectivity index (χ1n) is 4.85. The molecule has 0 spiro atoms. The lowest BCUT2D eigenvalue weighted by Gasteiger charge is -2.20. The summed E-state index contributed by atoms with van der Waals surface area (Å²) in [5.41, 5.74) is 6.13. The van der Waals surface area contributed by atoms with Crippen LogP contribution >= 0.6 is 0 Å². The van der Waals surface area contributed by atoms with Crippen molar-refractivity contribution in [3.05, 3.63) is 30.1 Å². The van der Waals surface area contributed by atoms with Crippen molar-refractivity contribution in [2.24, 2.45) is 5.73 Å². The van der Waals surface area contributed by atoms with E-state index in [1.54, 1.807) is 19.2 Å². The van der Waals surface area contributed by atoms with Gasteiger partial charge in [-0.2, -0.15) is 0 Å². The molecule has 4 heteroatoms. The minimum Gasteiger partial charge on any atom is -0.320 e. The second-order valence-electron chi connectivity index (χ2n) is 3.39. The maximum Gasteiger partial charge on any atom is 0.243 e. The topological polar surface area (TPSA) is 46.3 Å². The predicted molar refractivity (Wildman–Crippen MR) is 58.1 cm³/mol. The van der Waals surface area contributed by atoms with Gasteiger partial charge in [0.25, 0.3) is 0 Å². The Morgan fingerprint density at radius 1 is 1.60 bits per heavy atom. The number of nitrogens with zero attached hydrogens (tertiary/aromatic N) is 1. The number of nitrogens with two attached hydrogens (primary N) is 1. The minimum absolute atomic E-state index is 0.205. The Labute approximate surface area is 88.7 Å². The minimum atomic E-state index is -0.529. The number of halogens is 1. The van der Waals surface area contributed by atoms with Crippen LogP contribution in [0.25, 0.3) is 0 Å². The highest BCUT2D eigenvalue weighted by atomic mass is 19.1. The van der Waals surface area contributed by atoms with Crippen LogP contribution in [0.4, 0.5) is 10.1 Å². The van der Waals surface area contributed by atoms with Crippen LogP contribution in [0.3, 0.4) is 0 Å². The molecular formula is C11H15FN2O. The van der Waals surface area contributed by atoms with Crippen LogP contribution < -0.4 is 10.6 Å². The molecule has 3 nitrogen and oxygen atoms in total. The van der Waals surface area contributed by atoms with Gasteiger partial charge in [-0.05, 0) is 24.6 Å². The average Bonchev–Trinajstić information content (AvgIpc) is 2.26. The number of benzene rings is 1. The number of rotatable bonds is 3. The number of amides is 1. The second kappa shape index (κ2) is 4.89. The van der Waals surface area contributed by atoms with Crippen LogP contribution in [0.1, 0.15) is 13.3 Å². The van der Waals surface area contributed by atoms with Crippen molar-refractivity contribution < 1.29 is 9.18 Å². The Balaban J connectivity index is 2.85. The van der Waals surface area contributed by atoms with E-state index < -0.39 is 6.04 Å². The summed E-state index contributed by atoms with van der Waals surface area (Å²) in [6.45, 7) is 1.84. The lowest BCUT2D eigenvalue weighted by molar-refractivity contribution is -0.119. The number of carbonyl (C=O) groups is 1. The first kappa shape index (κ1) is 11.7. The maximum absolute atomic E-state index is 12.9. The summed E-state index contributed by atoms with van der Waals surface area (Å²) in [6.07, 6.45) is 0.568. The molecule has 0 aliphatic carbocycles. The van der Waals surface area contributed by atoms with E-state index in [1.165, 1.54) is 17.0 Å². The van der Waals surface area contributed by atoms with Gasteiger partial charge in [-0.3, -0.25) is 4.79 Å². The molecule has 1 aromatic rings. The van der Waals surface area contributed by atoms with E-state index in [9.17, 15) is 9.18 Å². The van der Waals surface area contributed by atoms with Gasteiger partial charge < -0.3 is 10.6 Å². The molecule has 15 heavy (non-hydrogen) atoms. The van der Waals surface area contributed by atoms with Crippen LogP contribution in [0.15, 0.2) is 24.3 Å². The Kier molecular flexibility index (Phi) is 3.80. The van der Waals surface area contributed by atoms with Gasteiger partial charge in [0.05, 0.1) is 6.04 Å². The van der Waals surface area contributed by atoms with Gasteiger partial charge >= 0.3 is 0 Å². The third-order valence-electron chi connectivity index (χ3n) is 2.28. The van der Waals surface area contributed by atoms with Crippen LogP contribution in [0.5, 0.6) is 0 Å². The molecule has 0 saturated heterocycles. The zero-order valence-corrected chi connectivity index (χ0v) is 8.90. The summed E-state index contributed by atoms with van der Waals surface area (Å²) < 4.78 is 12.9. The number of hydrogen-bond donors (Lipinski definition) is 1. The molecule has 0 saturated carbocycles. The molecule has 0 heterocycles. The largest absolute Gasteiger partial charge is 0.320 e. The third kappa shape index (κ3) is 2.76. The van der Waals surface area contributed by atoms with E-state index in [-0.39, 0.29) is 11.7 Å². The number of likely N-dealkylation sites (N-methyl/N-ethyl adjacent to an activating group) is 1. The molecule has 0 fully saturated rings. The normalized spacial score (nSPS) is 12.3. The lowest BCUT2D eigenvalue weighted by Crippen LogP contribution is -2.41. The monoisotopic (exact) mass is 210 g/mol. The molecule has 0 aliphatic heterocycles. The molecule has 0 aromatic heterocycles. The van der Waals surface area contributed by atoms with E-state index >= 15 is 0 Å². The molecule has 1 amide bonds. The predicted octanol–water partition coefficient (Wildman–Crippen LogP) is 1.53. The van der Waals surface area contributed by atoms with Gasteiger partial charge in [0.1, 0.15) is 5.82 Å². The third-order valence-corrected chi connectivity index (χ3v) is 2.28. The van der Waals surface area contributed by atoms with Gasteiger partial charge in [0, 0.05) is 12.7 Å². The highest BCUT2D eigenvalue weighted by Gasteiger charge is 2.17. The number of anilines is 1. The van der Waals surface area contributed by atoms with Crippen LogP contribution in [-0.4, -0.2) is 19.0 Å². The Morgan fingerprint density at radius 2 is 2.27 bits per heavy atom. The summed E-state index contributed by atoms with van der Waals surface area (Å²) in [5.74, 6) is -0.569. The molecular weight excluding hydrogens is 195 g/mol. The highest BCUT2D eigenvalue weighted by Crippen LogP contribution is 2.14. The summed E-state index contributed by atoms with van der Waals surface area (Å²) in [7, 11) is 1.59. The zero-order valence-electron chi connectivity index (χ0n) is 8.90. The van der Waals surface area contributed by atoms with Gasteiger partial charge in [-0.15, -0.1) is 0 Å².